The second-order valence-corrected chi connectivity index (χ2v) is 8.91. The second kappa shape index (κ2) is 10.4. The minimum atomic E-state index is -0.744. The molecule has 2 aromatic carbocycles. The Labute approximate surface area is 205 Å². The smallest absolute Gasteiger partial charge is 0.295 e. The average molecular weight is 481 g/mol. The Morgan fingerprint density at radius 3 is 2.69 bits per heavy atom. The van der Waals surface area contributed by atoms with Gasteiger partial charge in [0.2, 0.25) is 0 Å². The van der Waals surface area contributed by atoms with E-state index in [4.69, 9.17) is 14.2 Å². The molecule has 1 atom stereocenters. The van der Waals surface area contributed by atoms with E-state index in [2.05, 4.69) is 0 Å². The number of methoxy groups -OCH3 is 1. The number of likely N-dealkylation sites (tertiary alicyclic amines) is 1. The first kappa shape index (κ1) is 24.6. The summed E-state index contributed by atoms with van der Waals surface area (Å²) in [6.07, 6.45) is 1.41. The van der Waals surface area contributed by atoms with Crippen LogP contribution in [-0.2, 0) is 16.0 Å². The number of aliphatic hydroxyl groups is 1. The van der Waals surface area contributed by atoms with E-state index >= 15 is 0 Å². The van der Waals surface area contributed by atoms with Crippen LogP contribution >= 0.6 is 0 Å². The Morgan fingerprint density at radius 2 is 1.97 bits per heavy atom. The predicted molar refractivity (Wildman–Crippen MR) is 132 cm³/mol. The maximum atomic E-state index is 13.3. The molecule has 1 N–H and O–H groups in total. The van der Waals surface area contributed by atoms with Crippen LogP contribution in [0, 0.1) is 0 Å². The molecule has 2 aromatic rings. The SMILES string of the molecule is CCOc1ccc(C2/C(=C(\O)c3ccc4c(c3)CCO4)C(=O)C(=O)N2CCCN(C)C)cc1OC. The Hall–Kier alpha value is -3.52. The second-order valence-electron chi connectivity index (χ2n) is 8.91. The molecule has 1 amide bonds. The van der Waals surface area contributed by atoms with Crippen LogP contribution in [0.3, 0.4) is 0 Å². The number of nitrogens with zero attached hydrogens (tertiary/aromatic N) is 2. The summed E-state index contributed by atoms with van der Waals surface area (Å²) < 4.78 is 16.7. The van der Waals surface area contributed by atoms with E-state index in [9.17, 15) is 14.7 Å². The molecule has 1 saturated heterocycles. The topological polar surface area (TPSA) is 88.5 Å². The number of hydrogen-bond donors (Lipinski definition) is 1. The Morgan fingerprint density at radius 1 is 1.17 bits per heavy atom. The fraction of sp³-hybridized carbons (Fsp3) is 0.407. The molecule has 0 aromatic heterocycles. The standard InChI is InChI=1S/C27H32N2O6/c1-5-34-21-10-7-18(16-22(21)33-4)24-23(26(31)27(32)29(24)13-6-12-28(2)3)25(30)19-8-9-20-17(15-19)11-14-35-20/h7-10,15-16,24,30H,5-6,11-14H2,1-4H3/b25-23+. The fourth-order valence-electron chi connectivity index (χ4n) is 4.63. The number of carbonyl (C=O) groups excluding carboxylic acids is 2. The van der Waals surface area contributed by atoms with Crippen LogP contribution in [0.1, 0.15) is 36.1 Å². The summed E-state index contributed by atoms with van der Waals surface area (Å²) in [6, 6.07) is 9.94. The van der Waals surface area contributed by atoms with Crippen LogP contribution in [-0.4, -0.2) is 74.1 Å². The third-order valence-corrected chi connectivity index (χ3v) is 6.31. The van der Waals surface area contributed by atoms with Gasteiger partial charge in [-0.2, -0.15) is 0 Å². The van der Waals surface area contributed by atoms with E-state index in [1.807, 2.05) is 38.1 Å². The molecule has 8 heteroatoms. The van der Waals surface area contributed by atoms with Crippen molar-refractivity contribution in [3.8, 4) is 17.2 Å². The minimum absolute atomic E-state index is 0.0740. The third kappa shape index (κ3) is 4.84. The van der Waals surface area contributed by atoms with Gasteiger partial charge in [-0.1, -0.05) is 6.07 Å². The summed E-state index contributed by atoms with van der Waals surface area (Å²) in [7, 11) is 5.46. The zero-order chi connectivity index (χ0) is 25.1. The number of carbonyl (C=O) groups is 2. The summed E-state index contributed by atoms with van der Waals surface area (Å²) in [6.45, 7) is 4.07. The summed E-state index contributed by atoms with van der Waals surface area (Å²) in [5.74, 6) is 0.346. The van der Waals surface area contributed by atoms with Gasteiger partial charge < -0.3 is 29.1 Å². The van der Waals surface area contributed by atoms with Crippen molar-refractivity contribution in [2.24, 2.45) is 0 Å². The van der Waals surface area contributed by atoms with Crippen LogP contribution in [0.15, 0.2) is 42.0 Å². The Kier molecular flexibility index (Phi) is 7.31. The van der Waals surface area contributed by atoms with Crippen molar-refractivity contribution in [1.82, 2.24) is 9.80 Å². The lowest BCUT2D eigenvalue weighted by Gasteiger charge is -2.26. The summed E-state index contributed by atoms with van der Waals surface area (Å²) in [5.41, 5.74) is 2.20. The van der Waals surface area contributed by atoms with Crippen molar-refractivity contribution in [3.05, 3.63) is 58.7 Å². The van der Waals surface area contributed by atoms with Crippen molar-refractivity contribution in [2.75, 3.05) is 47.5 Å². The molecular formula is C27H32N2O6. The van der Waals surface area contributed by atoms with Crippen LogP contribution in [0.2, 0.25) is 0 Å². The molecule has 35 heavy (non-hydrogen) atoms. The van der Waals surface area contributed by atoms with Crippen molar-refractivity contribution in [3.63, 3.8) is 0 Å². The Balaban J connectivity index is 1.81. The van der Waals surface area contributed by atoms with E-state index in [0.717, 1.165) is 24.3 Å². The maximum Gasteiger partial charge on any atom is 0.295 e. The van der Waals surface area contributed by atoms with Gasteiger partial charge in [0.1, 0.15) is 11.5 Å². The number of benzene rings is 2. The number of hydrogen-bond acceptors (Lipinski definition) is 7. The molecule has 4 rings (SSSR count). The third-order valence-electron chi connectivity index (χ3n) is 6.31. The molecule has 0 aliphatic carbocycles. The number of rotatable bonds is 9. The van der Waals surface area contributed by atoms with Gasteiger partial charge in [-0.05, 0) is 75.4 Å². The quantitative estimate of drug-likeness (QED) is 0.334. The van der Waals surface area contributed by atoms with Crippen molar-refractivity contribution in [2.45, 2.75) is 25.8 Å². The molecule has 0 radical (unpaired) electrons. The zero-order valence-corrected chi connectivity index (χ0v) is 20.7. The number of fused-ring (bicyclic) bond motifs is 1. The van der Waals surface area contributed by atoms with Gasteiger partial charge in [0.05, 0.1) is 31.9 Å². The predicted octanol–water partition coefficient (Wildman–Crippen LogP) is 3.40. The van der Waals surface area contributed by atoms with Crippen molar-refractivity contribution >= 4 is 17.4 Å². The van der Waals surface area contributed by atoms with Crippen molar-refractivity contribution < 1.29 is 28.9 Å². The van der Waals surface area contributed by atoms with Crippen LogP contribution in [0.5, 0.6) is 17.2 Å². The summed E-state index contributed by atoms with van der Waals surface area (Å²) >= 11 is 0. The van der Waals surface area contributed by atoms with E-state index in [1.54, 1.807) is 36.3 Å². The molecule has 0 bridgehead atoms. The lowest BCUT2D eigenvalue weighted by molar-refractivity contribution is -0.139. The van der Waals surface area contributed by atoms with Gasteiger partial charge in [-0.25, -0.2) is 0 Å². The first-order chi connectivity index (χ1) is 16.8. The highest BCUT2D eigenvalue weighted by Crippen LogP contribution is 2.42. The van der Waals surface area contributed by atoms with E-state index in [0.29, 0.717) is 48.8 Å². The van der Waals surface area contributed by atoms with Crippen LogP contribution in [0.4, 0.5) is 0 Å². The van der Waals surface area contributed by atoms with Crippen molar-refractivity contribution in [1.29, 1.82) is 0 Å². The lowest BCUT2D eigenvalue weighted by Crippen LogP contribution is -2.32. The van der Waals surface area contributed by atoms with Crippen LogP contribution < -0.4 is 14.2 Å². The first-order valence-electron chi connectivity index (χ1n) is 11.9. The van der Waals surface area contributed by atoms with Gasteiger partial charge in [-0.15, -0.1) is 0 Å². The molecule has 2 aliphatic rings. The van der Waals surface area contributed by atoms with Gasteiger partial charge in [0.15, 0.2) is 11.5 Å². The number of aliphatic hydroxyl groups excluding tert-OH is 1. The highest BCUT2D eigenvalue weighted by molar-refractivity contribution is 6.46. The number of ether oxygens (including phenoxy) is 3. The van der Waals surface area contributed by atoms with Gasteiger partial charge in [0.25, 0.3) is 11.7 Å². The van der Waals surface area contributed by atoms with Crippen LogP contribution in [0.25, 0.3) is 5.76 Å². The minimum Gasteiger partial charge on any atom is -0.507 e. The van der Waals surface area contributed by atoms with Gasteiger partial charge in [-0.3, -0.25) is 9.59 Å². The zero-order valence-electron chi connectivity index (χ0n) is 20.7. The molecule has 8 nitrogen and oxygen atoms in total. The molecule has 186 valence electrons. The maximum absolute atomic E-state index is 13.3. The number of amides is 1. The monoisotopic (exact) mass is 480 g/mol. The fourth-order valence-corrected chi connectivity index (χ4v) is 4.63. The Bertz CT molecular complexity index is 1160. The normalized spacial score (nSPS) is 18.7. The highest BCUT2D eigenvalue weighted by Gasteiger charge is 2.46. The first-order valence-corrected chi connectivity index (χ1v) is 11.9. The van der Waals surface area contributed by atoms with E-state index in [-0.39, 0.29) is 11.3 Å². The molecule has 0 saturated carbocycles. The van der Waals surface area contributed by atoms with Gasteiger partial charge in [0, 0.05) is 18.5 Å². The highest BCUT2D eigenvalue weighted by atomic mass is 16.5. The number of Topliss-reactive ketones (excluding diaryl/α,β-unsaturated/α-hetero) is 1. The summed E-state index contributed by atoms with van der Waals surface area (Å²) in [4.78, 5) is 30.0. The molecule has 1 fully saturated rings. The lowest BCUT2D eigenvalue weighted by atomic mass is 9.94. The molecule has 0 spiro atoms. The molecule has 1 unspecified atom stereocenters. The largest absolute Gasteiger partial charge is 0.507 e. The average Bonchev–Trinajstić information content (AvgIpc) is 3.41. The van der Waals surface area contributed by atoms with Gasteiger partial charge >= 0.3 is 0 Å². The molecule has 2 aliphatic heterocycles. The summed E-state index contributed by atoms with van der Waals surface area (Å²) in [5, 5.41) is 11.3. The molecular weight excluding hydrogens is 448 g/mol. The molecule has 2 heterocycles. The van der Waals surface area contributed by atoms with E-state index < -0.39 is 17.7 Å². The van der Waals surface area contributed by atoms with E-state index in [1.165, 1.54) is 0 Å². The number of ketones is 1.